The molecule has 0 aromatic heterocycles. The first-order chi connectivity index (χ1) is 9.02. The van der Waals surface area contributed by atoms with Crippen molar-refractivity contribution in [1.29, 1.82) is 0 Å². The lowest BCUT2D eigenvalue weighted by Crippen LogP contribution is -2.28. The van der Waals surface area contributed by atoms with Gasteiger partial charge in [0.05, 0.1) is 0 Å². The summed E-state index contributed by atoms with van der Waals surface area (Å²) < 4.78 is 5.19. The third-order valence-electron chi connectivity index (χ3n) is 3.03. The highest BCUT2D eigenvalue weighted by atomic mass is 16.5. The number of carbonyl (C=O) groups excluding carboxylic acids is 1. The molecule has 0 fully saturated rings. The Morgan fingerprint density at radius 3 is 2.37 bits per heavy atom. The van der Waals surface area contributed by atoms with E-state index in [-0.39, 0.29) is 12.1 Å². The van der Waals surface area contributed by atoms with Gasteiger partial charge >= 0.3 is 5.97 Å². The highest BCUT2D eigenvalue weighted by molar-refractivity contribution is 5.69. The molecule has 0 saturated heterocycles. The molecule has 1 rings (SSSR count). The maximum atomic E-state index is 11.1. The van der Waals surface area contributed by atoms with Crippen molar-refractivity contribution < 1.29 is 9.53 Å². The Kier molecular flexibility index (Phi) is 6.57. The highest BCUT2D eigenvalue weighted by Crippen LogP contribution is 2.14. The average molecular weight is 263 g/mol. The molecule has 3 nitrogen and oxygen atoms in total. The first-order valence-corrected chi connectivity index (χ1v) is 7.02. The zero-order chi connectivity index (χ0) is 14.3. The van der Waals surface area contributed by atoms with Crippen LogP contribution in [-0.2, 0) is 16.1 Å². The van der Waals surface area contributed by atoms with Gasteiger partial charge in [-0.2, -0.15) is 0 Å². The number of carbonyl (C=O) groups is 1. The first kappa shape index (κ1) is 15.7. The van der Waals surface area contributed by atoms with Crippen LogP contribution in [0.25, 0.3) is 0 Å². The summed E-state index contributed by atoms with van der Waals surface area (Å²) in [4.78, 5) is 11.1. The molecule has 0 aliphatic rings. The predicted molar refractivity (Wildman–Crippen MR) is 78.1 cm³/mol. The van der Waals surface area contributed by atoms with Crippen LogP contribution in [0, 0.1) is 0 Å². The van der Waals surface area contributed by atoms with E-state index in [1.165, 1.54) is 11.1 Å². The van der Waals surface area contributed by atoms with Gasteiger partial charge in [-0.15, -0.1) is 0 Å². The SMILES string of the molecule is CCC(=O)OC(C)CNCc1ccc(C(C)C)cc1. The summed E-state index contributed by atoms with van der Waals surface area (Å²) in [6.45, 7) is 9.57. The van der Waals surface area contributed by atoms with Crippen molar-refractivity contribution in [1.82, 2.24) is 5.32 Å². The molecule has 0 amide bonds. The Labute approximate surface area is 116 Å². The molecule has 1 aromatic rings. The minimum absolute atomic E-state index is 0.0811. The summed E-state index contributed by atoms with van der Waals surface area (Å²) in [6, 6.07) is 8.63. The van der Waals surface area contributed by atoms with Crippen molar-refractivity contribution in [2.24, 2.45) is 0 Å². The summed E-state index contributed by atoms with van der Waals surface area (Å²) in [5.74, 6) is 0.422. The minimum atomic E-state index is -0.143. The van der Waals surface area contributed by atoms with Gasteiger partial charge in [-0.05, 0) is 24.0 Å². The molecule has 0 bridgehead atoms. The Morgan fingerprint density at radius 1 is 1.21 bits per heavy atom. The summed E-state index contributed by atoms with van der Waals surface area (Å²) in [7, 11) is 0. The van der Waals surface area contributed by atoms with E-state index in [2.05, 4.69) is 43.4 Å². The van der Waals surface area contributed by atoms with Crippen LogP contribution < -0.4 is 5.32 Å². The van der Waals surface area contributed by atoms with E-state index in [1.807, 2.05) is 6.92 Å². The van der Waals surface area contributed by atoms with Crippen LogP contribution in [-0.4, -0.2) is 18.6 Å². The standard InChI is InChI=1S/C16H25NO2/c1-5-16(18)19-13(4)10-17-11-14-6-8-15(9-7-14)12(2)3/h6-9,12-13,17H,5,10-11H2,1-4H3. The van der Waals surface area contributed by atoms with Gasteiger partial charge in [-0.25, -0.2) is 0 Å². The smallest absolute Gasteiger partial charge is 0.305 e. The number of benzene rings is 1. The van der Waals surface area contributed by atoms with Gasteiger partial charge in [0, 0.05) is 19.5 Å². The lowest BCUT2D eigenvalue weighted by Gasteiger charge is -2.14. The molecular formula is C16H25NO2. The van der Waals surface area contributed by atoms with Gasteiger partial charge in [0.25, 0.3) is 0 Å². The number of hydrogen-bond acceptors (Lipinski definition) is 3. The van der Waals surface area contributed by atoms with Gasteiger partial charge in [-0.1, -0.05) is 45.0 Å². The molecule has 0 aliphatic carbocycles. The monoisotopic (exact) mass is 263 g/mol. The van der Waals surface area contributed by atoms with E-state index < -0.39 is 0 Å². The van der Waals surface area contributed by atoms with E-state index in [1.54, 1.807) is 6.92 Å². The maximum Gasteiger partial charge on any atom is 0.305 e. The van der Waals surface area contributed by atoms with Crippen LogP contribution in [0.1, 0.15) is 51.2 Å². The third-order valence-corrected chi connectivity index (χ3v) is 3.03. The van der Waals surface area contributed by atoms with E-state index >= 15 is 0 Å². The Hall–Kier alpha value is -1.35. The van der Waals surface area contributed by atoms with Crippen molar-refractivity contribution in [3.63, 3.8) is 0 Å². The van der Waals surface area contributed by atoms with Crippen LogP contribution in [0.2, 0.25) is 0 Å². The summed E-state index contributed by atoms with van der Waals surface area (Å²) in [6.07, 6.45) is 0.350. The molecule has 1 N–H and O–H groups in total. The predicted octanol–water partition coefficient (Wildman–Crippen LogP) is 3.24. The molecule has 0 spiro atoms. The normalized spacial score (nSPS) is 12.5. The van der Waals surface area contributed by atoms with E-state index in [0.29, 0.717) is 18.9 Å². The van der Waals surface area contributed by atoms with Crippen LogP contribution in [0.15, 0.2) is 24.3 Å². The molecule has 0 heterocycles. The second-order valence-electron chi connectivity index (χ2n) is 5.18. The number of ether oxygens (including phenoxy) is 1. The fourth-order valence-electron chi connectivity index (χ4n) is 1.79. The summed E-state index contributed by atoms with van der Waals surface area (Å²) in [5, 5.41) is 3.30. The highest BCUT2D eigenvalue weighted by Gasteiger charge is 2.06. The van der Waals surface area contributed by atoms with Crippen LogP contribution in [0.3, 0.4) is 0 Å². The molecule has 1 unspecified atom stereocenters. The fourth-order valence-corrected chi connectivity index (χ4v) is 1.79. The van der Waals surface area contributed by atoms with Gasteiger partial charge in [0.2, 0.25) is 0 Å². The van der Waals surface area contributed by atoms with E-state index in [0.717, 1.165) is 6.54 Å². The zero-order valence-electron chi connectivity index (χ0n) is 12.4. The lowest BCUT2D eigenvalue weighted by atomic mass is 10.0. The van der Waals surface area contributed by atoms with Crippen molar-refractivity contribution in [2.45, 2.75) is 52.7 Å². The molecule has 106 valence electrons. The molecule has 0 aliphatic heterocycles. The van der Waals surface area contributed by atoms with Crippen LogP contribution >= 0.6 is 0 Å². The van der Waals surface area contributed by atoms with Crippen LogP contribution in [0.5, 0.6) is 0 Å². The minimum Gasteiger partial charge on any atom is -0.461 e. The second kappa shape index (κ2) is 7.95. The number of nitrogens with one attached hydrogen (secondary N) is 1. The van der Waals surface area contributed by atoms with Crippen molar-refractivity contribution >= 4 is 5.97 Å². The molecule has 0 radical (unpaired) electrons. The molecular weight excluding hydrogens is 238 g/mol. The Balaban J connectivity index is 2.31. The molecule has 1 aromatic carbocycles. The van der Waals surface area contributed by atoms with Gasteiger partial charge in [-0.3, -0.25) is 4.79 Å². The molecule has 1 atom stereocenters. The number of rotatable bonds is 7. The van der Waals surface area contributed by atoms with Gasteiger partial charge in [0.15, 0.2) is 0 Å². The molecule has 3 heteroatoms. The van der Waals surface area contributed by atoms with Crippen LogP contribution in [0.4, 0.5) is 0 Å². The first-order valence-electron chi connectivity index (χ1n) is 7.02. The topological polar surface area (TPSA) is 38.3 Å². The summed E-state index contributed by atoms with van der Waals surface area (Å²) in [5.41, 5.74) is 2.60. The van der Waals surface area contributed by atoms with Crippen molar-refractivity contribution in [2.75, 3.05) is 6.54 Å². The maximum absolute atomic E-state index is 11.1. The van der Waals surface area contributed by atoms with E-state index in [4.69, 9.17) is 4.74 Å². The number of hydrogen-bond donors (Lipinski definition) is 1. The summed E-state index contributed by atoms with van der Waals surface area (Å²) >= 11 is 0. The van der Waals surface area contributed by atoms with Crippen molar-refractivity contribution in [3.8, 4) is 0 Å². The quantitative estimate of drug-likeness (QED) is 0.767. The second-order valence-corrected chi connectivity index (χ2v) is 5.18. The van der Waals surface area contributed by atoms with Crippen molar-refractivity contribution in [3.05, 3.63) is 35.4 Å². The van der Waals surface area contributed by atoms with E-state index in [9.17, 15) is 4.79 Å². The zero-order valence-corrected chi connectivity index (χ0v) is 12.4. The van der Waals surface area contributed by atoms with Gasteiger partial charge < -0.3 is 10.1 Å². The fraction of sp³-hybridized carbons (Fsp3) is 0.562. The third kappa shape index (κ3) is 5.88. The number of esters is 1. The average Bonchev–Trinajstić information content (AvgIpc) is 2.39. The van der Waals surface area contributed by atoms with Gasteiger partial charge in [0.1, 0.15) is 6.10 Å². The molecule has 0 saturated carbocycles. The lowest BCUT2D eigenvalue weighted by molar-refractivity contribution is -0.147. The largest absolute Gasteiger partial charge is 0.461 e. The Bertz CT molecular complexity index is 384. The Morgan fingerprint density at radius 2 is 1.84 bits per heavy atom. The molecule has 19 heavy (non-hydrogen) atoms.